The molecule has 0 aliphatic carbocycles. The molecule has 0 spiro atoms. The van der Waals surface area contributed by atoms with E-state index in [9.17, 15) is 0 Å². The average molecular weight is 418 g/mol. The van der Waals surface area contributed by atoms with E-state index < -0.39 is 7.38 Å². The van der Waals surface area contributed by atoms with E-state index in [1.807, 2.05) is 0 Å². The minimum absolute atomic E-state index is 0.870. The minimum atomic E-state index is -1.30. The van der Waals surface area contributed by atoms with E-state index in [1.165, 1.54) is 134 Å². The van der Waals surface area contributed by atoms with Crippen molar-refractivity contribution in [1.82, 2.24) is 0 Å². The number of hydrogen-bond acceptors (Lipinski definition) is 1. The molecule has 0 saturated heterocycles. The summed E-state index contributed by atoms with van der Waals surface area (Å²) in [5, 5.41) is 0. The fraction of sp³-hybridized carbons (Fsp3) is 1.00. The zero-order valence-electron chi connectivity index (χ0n) is 19.0. The molecule has 2 N–H and O–H groups in total. The molecule has 0 aromatic rings. The second-order valence-electron chi connectivity index (χ2n) is 9.33. The highest BCUT2D eigenvalue weighted by atomic mass is 35.6. The van der Waals surface area contributed by atoms with E-state index in [0.29, 0.717) is 0 Å². The van der Waals surface area contributed by atoms with Crippen LogP contribution >= 0.6 is 11.1 Å². The third-order valence-corrected chi connectivity index (χ3v) is 7.83. The van der Waals surface area contributed by atoms with Gasteiger partial charge in [-0.2, -0.15) is 11.1 Å². The monoisotopic (exact) mass is 417 g/mol. The van der Waals surface area contributed by atoms with Crippen LogP contribution in [0, 0.1) is 0 Å². The van der Waals surface area contributed by atoms with Crippen molar-refractivity contribution < 1.29 is 0 Å². The van der Waals surface area contributed by atoms with Crippen molar-refractivity contribution in [1.29, 1.82) is 0 Å². The highest BCUT2D eigenvalue weighted by Gasteiger charge is 2.15. The smallest absolute Gasteiger partial charge is 0.150 e. The molecule has 0 aromatic heterocycles. The average Bonchev–Trinajstić information content (AvgIpc) is 2.62. The SMILES string of the molecule is C[Si](C)(Cl)CCCCCCCCCCCCCCCCCCCCCCN. The molecule has 1 nitrogen and oxygen atoms in total. The van der Waals surface area contributed by atoms with Crippen LogP contribution in [-0.4, -0.2) is 13.9 Å². The van der Waals surface area contributed by atoms with Gasteiger partial charge in [-0.05, 0) is 19.0 Å². The molecule has 0 aliphatic rings. The lowest BCUT2D eigenvalue weighted by molar-refractivity contribution is 0.522. The van der Waals surface area contributed by atoms with E-state index in [-0.39, 0.29) is 0 Å². The molecule has 27 heavy (non-hydrogen) atoms. The Morgan fingerprint density at radius 2 is 0.667 bits per heavy atom. The van der Waals surface area contributed by atoms with Gasteiger partial charge in [0.25, 0.3) is 0 Å². The maximum Gasteiger partial charge on any atom is 0.150 e. The van der Waals surface area contributed by atoms with Crippen LogP contribution in [0.15, 0.2) is 0 Å². The molecule has 0 amide bonds. The van der Waals surface area contributed by atoms with Crippen molar-refractivity contribution in [3.05, 3.63) is 0 Å². The minimum Gasteiger partial charge on any atom is -0.330 e. The molecule has 0 saturated carbocycles. The second kappa shape index (κ2) is 21.2. The van der Waals surface area contributed by atoms with Gasteiger partial charge in [0, 0.05) is 0 Å². The van der Waals surface area contributed by atoms with Gasteiger partial charge in [-0.25, -0.2) is 0 Å². The molecule has 0 radical (unpaired) electrons. The summed E-state index contributed by atoms with van der Waals surface area (Å²) in [5.41, 5.74) is 5.52. The quantitative estimate of drug-likeness (QED) is 0.106. The molecular formula is C24H52ClNSi. The molecule has 0 heterocycles. The standard InChI is InChI=1S/C24H52ClNSi/c1-27(2,25)24-22-20-18-16-14-12-10-8-6-4-3-5-7-9-11-13-15-17-19-21-23-26/h3-24,26H2,1-2H3. The van der Waals surface area contributed by atoms with Gasteiger partial charge >= 0.3 is 0 Å². The van der Waals surface area contributed by atoms with Gasteiger partial charge < -0.3 is 5.73 Å². The molecular weight excluding hydrogens is 366 g/mol. The summed E-state index contributed by atoms with van der Waals surface area (Å²) in [7, 11) is -1.30. The van der Waals surface area contributed by atoms with E-state index in [0.717, 1.165) is 6.54 Å². The van der Waals surface area contributed by atoms with Gasteiger partial charge in [0.1, 0.15) is 7.38 Å². The van der Waals surface area contributed by atoms with E-state index in [2.05, 4.69) is 13.1 Å². The van der Waals surface area contributed by atoms with Crippen LogP contribution in [0.2, 0.25) is 19.1 Å². The summed E-state index contributed by atoms with van der Waals surface area (Å²) in [5.74, 6) is 0. The first-order valence-electron chi connectivity index (χ1n) is 12.5. The number of halogens is 1. The summed E-state index contributed by atoms with van der Waals surface area (Å²) in [6.45, 7) is 5.40. The zero-order chi connectivity index (χ0) is 20.1. The summed E-state index contributed by atoms with van der Waals surface area (Å²) in [6, 6.07) is 1.30. The van der Waals surface area contributed by atoms with Crippen LogP contribution in [-0.2, 0) is 0 Å². The van der Waals surface area contributed by atoms with Gasteiger partial charge in [-0.1, -0.05) is 135 Å². The largest absolute Gasteiger partial charge is 0.330 e. The predicted molar refractivity (Wildman–Crippen MR) is 130 cm³/mol. The van der Waals surface area contributed by atoms with Crippen LogP contribution in [0.1, 0.15) is 128 Å². The molecule has 0 unspecified atom stereocenters. The zero-order valence-corrected chi connectivity index (χ0v) is 20.8. The number of unbranched alkanes of at least 4 members (excludes halogenated alkanes) is 19. The first-order chi connectivity index (χ1) is 13.1. The van der Waals surface area contributed by atoms with Crippen molar-refractivity contribution in [3.8, 4) is 0 Å². The fourth-order valence-electron chi connectivity index (χ4n) is 3.87. The Morgan fingerprint density at radius 1 is 0.444 bits per heavy atom. The predicted octanol–water partition coefficient (Wildman–Crippen LogP) is 9.19. The maximum absolute atomic E-state index is 6.36. The maximum atomic E-state index is 6.36. The molecule has 0 atom stereocenters. The summed E-state index contributed by atoms with van der Waals surface area (Å²) < 4.78 is 0. The molecule has 0 fully saturated rings. The third-order valence-electron chi connectivity index (χ3n) is 5.73. The molecule has 0 bridgehead atoms. The van der Waals surface area contributed by atoms with Crippen molar-refractivity contribution in [2.75, 3.05) is 6.54 Å². The molecule has 0 aromatic carbocycles. The van der Waals surface area contributed by atoms with E-state index in [1.54, 1.807) is 0 Å². The van der Waals surface area contributed by atoms with Gasteiger partial charge in [0.2, 0.25) is 0 Å². The van der Waals surface area contributed by atoms with Gasteiger partial charge in [0.15, 0.2) is 0 Å². The molecule has 0 rings (SSSR count). The highest BCUT2D eigenvalue weighted by molar-refractivity contribution is 7.19. The Kier molecular flexibility index (Phi) is 21.5. The first-order valence-corrected chi connectivity index (χ1v) is 16.7. The Balaban J connectivity index is 3.01. The Labute approximate surface area is 178 Å². The van der Waals surface area contributed by atoms with Crippen LogP contribution in [0.5, 0.6) is 0 Å². The summed E-state index contributed by atoms with van der Waals surface area (Å²) >= 11 is 6.36. The van der Waals surface area contributed by atoms with E-state index >= 15 is 0 Å². The molecule has 3 heteroatoms. The number of nitrogens with two attached hydrogens (primary N) is 1. The van der Waals surface area contributed by atoms with Crippen LogP contribution < -0.4 is 5.73 Å². The lowest BCUT2D eigenvalue weighted by atomic mass is 10.0. The second-order valence-corrected chi connectivity index (χ2v) is 16.3. The molecule has 164 valence electrons. The van der Waals surface area contributed by atoms with Crippen LogP contribution in [0.4, 0.5) is 0 Å². The van der Waals surface area contributed by atoms with Gasteiger partial charge in [-0.15, -0.1) is 0 Å². The summed E-state index contributed by atoms with van der Waals surface area (Å²) in [6.07, 6.45) is 28.5. The highest BCUT2D eigenvalue weighted by Crippen LogP contribution is 2.19. The topological polar surface area (TPSA) is 26.0 Å². The van der Waals surface area contributed by atoms with Crippen LogP contribution in [0.3, 0.4) is 0 Å². The first kappa shape index (κ1) is 27.5. The van der Waals surface area contributed by atoms with Gasteiger partial charge in [-0.3, -0.25) is 0 Å². The Morgan fingerprint density at radius 3 is 0.889 bits per heavy atom. The van der Waals surface area contributed by atoms with Crippen LogP contribution in [0.25, 0.3) is 0 Å². The lowest BCUT2D eigenvalue weighted by Crippen LogP contribution is -2.14. The number of hydrogen-bond donors (Lipinski definition) is 1. The normalized spacial score (nSPS) is 12.0. The van der Waals surface area contributed by atoms with E-state index in [4.69, 9.17) is 16.8 Å². The fourth-order valence-corrected chi connectivity index (χ4v) is 5.36. The Hall–Kier alpha value is 0.467. The Bertz CT molecular complexity index is 278. The van der Waals surface area contributed by atoms with Crippen molar-refractivity contribution >= 4 is 18.5 Å². The van der Waals surface area contributed by atoms with Gasteiger partial charge in [0.05, 0.1) is 0 Å². The van der Waals surface area contributed by atoms with Crippen molar-refractivity contribution in [2.45, 2.75) is 148 Å². The molecule has 0 aliphatic heterocycles. The number of rotatable bonds is 22. The lowest BCUT2D eigenvalue weighted by Gasteiger charge is -2.11. The van der Waals surface area contributed by atoms with Crippen molar-refractivity contribution in [2.24, 2.45) is 5.73 Å². The third kappa shape index (κ3) is 26.5. The summed E-state index contributed by atoms with van der Waals surface area (Å²) in [4.78, 5) is 0. The van der Waals surface area contributed by atoms with Crippen molar-refractivity contribution in [3.63, 3.8) is 0 Å².